The maximum absolute atomic E-state index is 13.9. The number of aromatic nitrogens is 2. The summed E-state index contributed by atoms with van der Waals surface area (Å²) in [6, 6.07) is 20.2. The van der Waals surface area contributed by atoms with Gasteiger partial charge in [0, 0.05) is 42.2 Å². The van der Waals surface area contributed by atoms with E-state index in [-0.39, 0.29) is 41.9 Å². The monoisotopic (exact) mass is 550 g/mol. The minimum absolute atomic E-state index is 0.0465. The summed E-state index contributed by atoms with van der Waals surface area (Å²) >= 11 is 0. The molecule has 2 bridgehead atoms. The molecule has 8 nitrogen and oxygen atoms in total. The van der Waals surface area contributed by atoms with Crippen molar-refractivity contribution < 1.29 is 19.5 Å². The van der Waals surface area contributed by atoms with Gasteiger partial charge in [-0.05, 0) is 41.7 Å². The smallest absolute Gasteiger partial charge is 0.272 e. The van der Waals surface area contributed by atoms with E-state index in [1.54, 1.807) is 36.5 Å². The van der Waals surface area contributed by atoms with Crippen LogP contribution in [0.25, 0.3) is 22.0 Å². The summed E-state index contributed by atoms with van der Waals surface area (Å²) in [5, 5.41) is 10.7. The van der Waals surface area contributed by atoms with Crippen LogP contribution in [0.4, 0.5) is 0 Å². The van der Waals surface area contributed by atoms with Gasteiger partial charge in [-0.3, -0.25) is 19.4 Å². The average molecular weight is 551 g/mol. The molecule has 2 aliphatic rings. The van der Waals surface area contributed by atoms with Crippen LogP contribution in [0.1, 0.15) is 54.6 Å². The van der Waals surface area contributed by atoms with Crippen molar-refractivity contribution >= 4 is 28.5 Å². The molecule has 2 N–H and O–H groups in total. The Morgan fingerprint density at radius 1 is 0.951 bits per heavy atom. The normalized spacial score (nSPS) is 19.1. The number of carbonyl (C=O) groups is 3. The van der Waals surface area contributed by atoms with E-state index >= 15 is 0 Å². The number of phenols is 1. The number of Topliss-reactive ketones (excluding diaryl/α,β-unsaturated/α-hetero) is 1. The lowest BCUT2D eigenvalue weighted by atomic mass is 9.76. The highest BCUT2D eigenvalue weighted by Crippen LogP contribution is 2.38. The molecule has 2 fully saturated rings. The van der Waals surface area contributed by atoms with Gasteiger partial charge < -0.3 is 19.9 Å². The molecular formula is C33H34N4O4. The number of carbonyl (C=O) groups excluding carboxylic acids is 3. The Morgan fingerprint density at radius 2 is 1.68 bits per heavy atom. The molecule has 4 heterocycles. The van der Waals surface area contributed by atoms with Crippen LogP contribution in [-0.2, 0) is 4.79 Å². The van der Waals surface area contributed by atoms with E-state index in [0.29, 0.717) is 35.4 Å². The molecule has 210 valence electrons. The topological polar surface area (TPSA) is 107 Å². The third kappa shape index (κ3) is 4.99. The molecule has 3 atom stereocenters. The SMILES string of the molecule is CC(C)(C)[C@H](CC(=O)c1cc2c(O)cccc2[nH]1)C(=O)N1C[C@@H]2C[C@H]1CN2C(=O)c1ccc(-c2ccccc2)cn1. The number of hydrogen-bond acceptors (Lipinski definition) is 5. The van der Waals surface area contributed by atoms with E-state index in [2.05, 4.69) is 9.97 Å². The van der Waals surface area contributed by atoms with Crippen LogP contribution >= 0.6 is 0 Å². The van der Waals surface area contributed by atoms with Crippen molar-refractivity contribution in [2.24, 2.45) is 11.3 Å². The van der Waals surface area contributed by atoms with Crippen LogP contribution < -0.4 is 0 Å². The predicted octanol–water partition coefficient (Wildman–Crippen LogP) is 5.30. The number of pyridine rings is 1. The quantitative estimate of drug-likeness (QED) is 0.317. The number of nitrogens with one attached hydrogen (secondary N) is 1. The van der Waals surface area contributed by atoms with Crippen molar-refractivity contribution in [2.75, 3.05) is 13.1 Å². The van der Waals surface area contributed by atoms with Crippen LogP contribution in [0.15, 0.2) is 72.9 Å². The molecule has 2 aromatic heterocycles. The first-order valence-corrected chi connectivity index (χ1v) is 14.1. The molecule has 2 saturated heterocycles. The van der Waals surface area contributed by atoms with Gasteiger partial charge in [0.15, 0.2) is 5.78 Å². The molecule has 2 aliphatic heterocycles. The molecule has 6 rings (SSSR count). The number of phenolic OH excluding ortho intramolecular Hbond substituents is 1. The molecule has 4 aromatic rings. The maximum Gasteiger partial charge on any atom is 0.272 e. The zero-order valence-corrected chi connectivity index (χ0v) is 23.5. The second-order valence-corrected chi connectivity index (χ2v) is 12.3. The fraction of sp³-hybridized carbons (Fsp3) is 0.333. The third-order valence-corrected chi connectivity index (χ3v) is 8.55. The van der Waals surface area contributed by atoms with Crippen LogP contribution in [0.2, 0.25) is 0 Å². The zero-order chi connectivity index (χ0) is 28.9. The molecule has 0 radical (unpaired) electrons. The Bertz CT molecular complexity index is 1620. The molecule has 0 spiro atoms. The van der Waals surface area contributed by atoms with E-state index in [0.717, 1.165) is 17.5 Å². The largest absolute Gasteiger partial charge is 0.507 e. The molecule has 0 saturated carbocycles. The molecule has 2 aromatic carbocycles. The molecule has 2 amide bonds. The van der Waals surface area contributed by atoms with Crippen molar-refractivity contribution in [3.63, 3.8) is 0 Å². The number of hydrogen-bond donors (Lipinski definition) is 2. The lowest BCUT2D eigenvalue weighted by Gasteiger charge is -2.39. The number of ketones is 1. The van der Waals surface area contributed by atoms with Crippen molar-refractivity contribution in [3.05, 3.63) is 84.3 Å². The second-order valence-electron chi connectivity index (χ2n) is 12.3. The predicted molar refractivity (Wildman–Crippen MR) is 156 cm³/mol. The average Bonchev–Trinajstić information content (AvgIpc) is 3.70. The van der Waals surface area contributed by atoms with Crippen LogP contribution in [0.5, 0.6) is 5.75 Å². The molecule has 0 unspecified atom stereocenters. The standard InChI is InChI=1S/C33H34N4O4/c1-33(2,3)25(16-30(39)28-15-24-26(35-28)10-7-11-29(24)38)31(40)36-18-23-14-22(36)19-37(23)32(41)27-13-12-21(17-34-27)20-8-5-4-6-9-20/h4-13,15,17,22-23,25,35,38H,14,16,18-19H2,1-3H3/t22-,23-,25+/m0/s1. The van der Waals surface area contributed by atoms with Gasteiger partial charge >= 0.3 is 0 Å². The first kappa shape index (κ1) is 26.7. The molecule has 41 heavy (non-hydrogen) atoms. The van der Waals surface area contributed by atoms with Gasteiger partial charge in [0.05, 0.1) is 23.7 Å². The molecular weight excluding hydrogens is 516 g/mol. The van der Waals surface area contributed by atoms with Crippen LogP contribution in [-0.4, -0.2) is 67.6 Å². The minimum atomic E-state index is -0.522. The van der Waals surface area contributed by atoms with Gasteiger partial charge in [-0.2, -0.15) is 0 Å². The van der Waals surface area contributed by atoms with Gasteiger partial charge in [-0.1, -0.05) is 63.2 Å². The Hall–Kier alpha value is -4.46. The van der Waals surface area contributed by atoms with E-state index in [4.69, 9.17) is 0 Å². The third-order valence-electron chi connectivity index (χ3n) is 8.55. The number of aromatic hydroxyl groups is 1. The van der Waals surface area contributed by atoms with Crippen molar-refractivity contribution in [1.29, 1.82) is 0 Å². The summed E-state index contributed by atoms with van der Waals surface area (Å²) in [6.07, 6.45) is 2.52. The number of fused-ring (bicyclic) bond motifs is 3. The highest BCUT2D eigenvalue weighted by molar-refractivity contribution is 6.02. The summed E-state index contributed by atoms with van der Waals surface area (Å²) in [7, 11) is 0. The van der Waals surface area contributed by atoms with Crippen molar-refractivity contribution in [3.8, 4) is 16.9 Å². The maximum atomic E-state index is 13.9. The molecule has 8 heteroatoms. The van der Waals surface area contributed by atoms with E-state index < -0.39 is 11.3 Å². The van der Waals surface area contributed by atoms with E-state index in [1.165, 1.54) is 0 Å². The fourth-order valence-corrected chi connectivity index (χ4v) is 6.20. The number of likely N-dealkylation sites (tertiary alicyclic amines) is 2. The Kier molecular flexibility index (Phi) is 6.64. The summed E-state index contributed by atoms with van der Waals surface area (Å²) in [6.45, 7) is 6.86. The lowest BCUT2D eigenvalue weighted by Crippen LogP contribution is -2.53. The number of H-pyrrole nitrogens is 1. The van der Waals surface area contributed by atoms with Crippen LogP contribution in [0, 0.1) is 11.3 Å². The Balaban J connectivity index is 1.13. The number of piperazine rings is 1. The summed E-state index contributed by atoms with van der Waals surface area (Å²) in [5.41, 5.74) is 3.02. The number of aromatic amines is 1. The second kappa shape index (κ2) is 10.2. The summed E-state index contributed by atoms with van der Waals surface area (Å²) < 4.78 is 0. The van der Waals surface area contributed by atoms with Gasteiger partial charge in [0.25, 0.3) is 5.91 Å². The van der Waals surface area contributed by atoms with E-state index in [9.17, 15) is 19.5 Å². The van der Waals surface area contributed by atoms with Crippen LogP contribution in [0.3, 0.4) is 0 Å². The highest BCUT2D eigenvalue weighted by Gasteiger charge is 2.50. The van der Waals surface area contributed by atoms with E-state index in [1.807, 2.05) is 67.0 Å². The highest BCUT2D eigenvalue weighted by atomic mass is 16.3. The molecule has 0 aliphatic carbocycles. The van der Waals surface area contributed by atoms with Gasteiger partial charge in [-0.15, -0.1) is 0 Å². The Morgan fingerprint density at radius 3 is 2.32 bits per heavy atom. The zero-order valence-electron chi connectivity index (χ0n) is 23.5. The number of amides is 2. The number of nitrogens with zero attached hydrogens (tertiary/aromatic N) is 3. The lowest BCUT2D eigenvalue weighted by molar-refractivity contribution is -0.141. The fourth-order valence-electron chi connectivity index (χ4n) is 6.20. The van der Waals surface area contributed by atoms with Crippen molar-refractivity contribution in [2.45, 2.75) is 45.7 Å². The first-order chi connectivity index (χ1) is 19.6. The van der Waals surface area contributed by atoms with Gasteiger partial charge in [0.1, 0.15) is 11.4 Å². The first-order valence-electron chi connectivity index (χ1n) is 14.1. The van der Waals surface area contributed by atoms with Gasteiger partial charge in [0.2, 0.25) is 5.91 Å². The minimum Gasteiger partial charge on any atom is -0.507 e. The number of rotatable bonds is 6. The van der Waals surface area contributed by atoms with Gasteiger partial charge in [-0.25, -0.2) is 0 Å². The Labute approximate surface area is 239 Å². The summed E-state index contributed by atoms with van der Waals surface area (Å²) in [4.78, 5) is 51.8. The van der Waals surface area contributed by atoms with Crippen molar-refractivity contribution in [1.82, 2.24) is 19.8 Å². The number of benzene rings is 2. The summed E-state index contributed by atoms with van der Waals surface area (Å²) in [5.74, 6) is -0.745.